The van der Waals surface area contributed by atoms with Gasteiger partial charge in [-0.15, -0.1) is 11.3 Å². The Morgan fingerprint density at radius 2 is 2.08 bits per heavy atom. The molecule has 1 aromatic heterocycles. The van der Waals surface area contributed by atoms with Gasteiger partial charge in [-0.05, 0) is 15.9 Å². The molecule has 0 aliphatic carbocycles. The lowest BCUT2D eigenvalue weighted by Crippen LogP contribution is -2.23. The number of anilines is 1. The first-order valence-electron chi connectivity index (χ1n) is 3.38. The Kier molecular flexibility index (Phi) is 3.69. The van der Waals surface area contributed by atoms with E-state index in [0.717, 1.165) is 4.60 Å². The van der Waals surface area contributed by atoms with E-state index >= 15 is 0 Å². The summed E-state index contributed by atoms with van der Waals surface area (Å²) in [5.41, 5.74) is 0. The fraction of sp³-hybridized carbons (Fsp3) is 0.286. The predicted molar refractivity (Wildman–Crippen MR) is 53.3 cm³/mol. The van der Waals surface area contributed by atoms with Crippen LogP contribution in [-0.4, -0.2) is 18.1 Å². The summed E-state index contributed by atoms with van der Waals surface area (Å²) in [6.07, 6.45) is 0. The first-order valence-corrected chi connectivity index (χ1v) is 5.05. The van der Waals surface area contributed by atoms with Gasteiger partial charge in [-0.3, -0.25) is 0 Å². The van der Waals surface area contributed by atoms with E-state index in [0.29, 0.717) is 5.13 Å². The van der Waals surface area contributed by atoms with E-state index in [1.165, 1.54) is 11.3 Å². The molecule has 66 valence electrons. The summed E-state index contributed by atoms with van der Waals surface area (Å²) in [5.74, 6) is 0. The second-order valence-corrected chi connectivity index (χ2v) is 3.77. The molecule has 0 saturated carbocycles. The Morgan fingerprint density at radius 3 is 2.46 bits per heavy atom. The van der Waals surface area contributed by atoms with E-state index in [-0.39, 0.29) is 13.1 Å². The molecule has 13 heavy (non-hydrogen) atoms. The Hall–Kier alpha value is -1.11. The molecule has 0 atom stereocenters. The minimum atomic E-state index is 0.188. The lowest BCUT2D eigenvalue weighted by molar-refractivity contribution is 0.953. The first-order chi connectivity index (χ1) is 6.27. The highest BCUT2D eigenvalue weighted by Gasteiger charge is 2.08. The van der Waals surface area contributed by atoms with Crippen LogP contribution in [0.4, 0.5) is 5.13 Å². The highest BCUT2D eigenvalue weighted by molar-refractivity contribution is 9.10. The molecule has 0 amide bonds. The van der Waals surface area contributed by atoms with Crippen LogP contribution in [0.2, 0.25) is 0 Å². The van der Waals surface area contributed by atoms with E-state index in [1.54, 1.807) is 4.90 Å². The number of nitrogens with zero attached hydrogens (tertiary/aromatic N) is 4. The van der Waals surface area contributed by atoms with Crippen LogP contribution in [0.3, 0.4) is 0 Å². The SMILES string of the molecule is N#CCN(CC#N)c1nc(Br)cs1. The molecule has 0 spiro atoms. The molecule has 0 unspecified atom stereocenters. The van der Waals surface area contributed by atoms with E-state index in [9.17, 15) is 0 Å². The fourth-order valence-electron chi connectivity index (χ4n) is 0.753. The van der Waals surface area contributed by atoms with Gasteiger partial charge in [0.05, 0.1) is 12.1 Å². The van der Waals surface area contributed by atoms with E-state index in [4.69, 9.17) is 10.5 Å². The van der Waals surface area contributed by atoms with Gasteiger partial charge in [0.25, 0.3) is 0 Å². The zero-order chi connectivity index (χ0) is 9.68. The van der Waals surface area contributed by atoms with Gasteiger partial charge in [0.2, 0.25) is 0 Å². The largest absolute Gasteiger partial charge is 0.321 e. The van der Waals surface area contributed by atoms with Gasteiger partial charge in [-0.25, -0.2) is 4.98 Å². The third-order valence-electron chi connectivity index (χ3n) is 1.26. The van der Waals surface area contributed by atoms with Crippen molar-refractivity contribution >= 4 is 32.4 Å². The van der Waals surface area contributed by atoms with Crippen LogP contribution in [0.1, 0.15) is 0 Å². The topological polar surface area (TPSA) is 63.7 Å². The summed E-state index contributed by atoms with van der Waals surface area (Å²) < 4.78 is 0.730. The maximum absolute atomic E-state index is 8.50. The van der Waals surface area contributed by atoms with Gasteiger partial charge < -0.3 is 4.90 Å². The molecule has 1 aromatic rings. The molecular weight excluding hydrogens is 252 g/mol. The Bertz CT molecular complexity index is 345. The quantitative estimate of drug-likeness (QED) is 0.774. The van der Waals surface area contributed by atoms with Gasteiger partial charge in [0.15, 0.2) is 5.13 Å². The van der Waals surface area contributed by atoms with Crippen molar-refractivity contribution in [2.24, 2.45) is 0 Å². The Morgan fingerprint density at radius 1 is 1.46 bits per heavy atom. The molecule has 0 aliphatic rings. The lowest BCUT2D eigenvalue weighted by Gasteiger charge is -2.12. The van der Waals surface area contributed by atoms with Crippen molar-refractivity contribution in [1.82, 2.24) is 4.98 Å². The van der Waals surface area contributed by atoms with Gasteiger partial charge in [-0.2, -0.15) is 10.5 Å². The average molecular weight is 257 g/mol. The molecule has 0 saturated heterocycles. The monoisotopic (exact) mass is 256 g/mol. The van der Waals surface area contributed by atoms with Crippen molar-refractivity contribution in [1.29, 1.82) is 10.5 Å². The minimum Gasteiger partial charge on any atom is -0.321 e. The lowest BCUT2D eigenvalue weighted by atomic mass is 10.5. The first kappa shape index (κ1) is 9.97. The molecule has 0 aliphatic heterocycles. The van der Waals surface area contributed by atoms with E-state index in [1.807, 2.05) is 17.5 Å². The molecule has 1 heterocycles. The molecule has 0 N–H and O–H groups in total. The Labute approximate surface area is 88.2 Å². The molecule has 0 fully saturated rings. The van der Waals surface area contributed by atoms with Crippen molar-refractivity contribution in [3.63, 3.8) is 0 Å². The fourth-order valence-corrected chi connectivity index (χ4v) is 2.00. The highest BCUT2D eigenvalue weighted by atomic mass is 79.9. The minimum absolute atomic E-state index is 0.188. The number of thiazole rings is 1. The van der Waals surface area contributed by atoms with E-state index < -0.39 is 0 Å². The maximum atomic E-state index is 8.50. The number of hydrogen-bond donors (Lipinski definition) is 0. The Balaban J connectivity index is 2.77. The summed E-state index contributed by atoms with van der Waals surface area (Å²) in [4.78, 5) is 5.73. The van der Waals surface area contributed by atoms with Crippen LogP contribution < -0.4 is 4.90 Å². The van der Waals surface area contributed by atoms with Gasteiger partial charge in [-0.1, -0.05) is 0 Å². The number of aromatic nitrogens is 1. The average Bonchev–Trinajstić information content (AvgIpc) is 2.51. The van der Waals surface area contributed by atoms with Gasteiger partial charge >= 0.3 is 0 Å². The smallest absolute Gasteiger partial charge is 0.188 e. The summed E-state index contributed by atoms with van der Waals surface area (Å²) in [6.45, 7) is 0.376. The van der Waals surface area contributed by atoms with Crippen molar-refractivity contribution in [2.45, 2.75) is 0 Å². The van der Waals surface area contributed by atoms with Gasteiger partial charge in [0.1, 0.15) is 17.7 Å². The number of nitriles is 2. The van der Waals surface area contributed by atoms with Crippen molar-refractivity contribution in [3.8, 4) is 12.1 Å². The van der Waals surface area contributed by atoms with Crippen LogP contribution in [0.5, 0.6) is 0 Å². The van der Waals surface area contributed by atoms with Crippen molar-refractivity contribution in [3.05, 3.63) is 9.98 Å². The predicted octanol–water partition coefficient (Wildman–Crippen LogP) is 1.76. The molecule has 1 rings (SSSR count). The third-order valence-corrected chi connectivity index (χ3v) is 2.87. The van der Waals surface area contributed by atoms with E-state index in [2.05, 4.69) is 20.9 Å². The number of halogens is 1. The molecule has 0 aromatic carbocycles. The number of hydrogen-bond acceptors (Lipinski definition) is 5. The summed E-state index contributed by atoms with van der Waals surface area (Å²) in [5, 5.41) is 19.5. The zero-order valence-corrected chi connectivity index (χ0v) is 8.97. The van der Waals surface area contributed by atoms with Crippen LogP contribution in [0.15, 0.2) is 9.98 Å². The van der Waals surface area contributed by atoms with Crippen LogP contribution in [0.25, 0.3) is 0 Å². The molecular formula is C7H5BrN4S. The normalized spacial score (nSPS) is 8.85. The molecule has 0 bridgehead atoms. The third kappa shape index (κ3) is 2.69. The molecule has 0 radical (unpaired) electrons. The molecule has 4 nitrogen and oxygen atoms in total. The zero-order valence-electron chi connectivity index (χ0n) is 6.57. The van der Waals surface area contributed by atoms with Crippen LogP contribution in [-0.2, 0) is 0 Å². The molecule has 6 heteroatoms. The number of rotatable bonds is 3. The standard InChI is InChI=1S/C7H5BrN4S/c8-6-5-13-7(11-6)12(3-1-9)4-2-10/h5H,3-4H2. The maximum Gasteiger partial charge on any atom is 0.188 e. The summed E-state index contributed by atoms with van der Waals surface area (Å²) >= 11 is 4.61. The van der Waals surface area contributed by atoms with Crippen molar-refractivity contribution in [2.75, 3.05) is 18.0 Å². The summed E-state index contributed by atoms with van der Waals surface area (Å²) in [7, 11) is 0. The highest BCUT2D eigenvalue weighted by Crippen LogP contribution is 2.22. The van der Waals surface area contributed by atoms with Crippen LogP contribution >= 0.6 is 27.3 Å². The summed E-state index contributed by atoms with van der Waals surface area (Å²) in [6, 6.07) is 3.97. The van der Waals surface area contributed by atoms with Crippen molar-refractivity contribution < 1.29 is 0 Å². The van der Waals surface area contributed by atoms with Gasteiger partial charge in [0, 0.05) is 5.38 Å². The second-order valence-electron chi connectivity index (χ2n) is 2.13. The van der Waals surface area contributed by atoms with Crippen LogP contribution in [0, 0.1) is 22.7 Å². The second kappa shape index (κ2) is 4.80.